The van der Waals surface area contributed by atoms with Gasteiger partial charge in [0.25, 0.3) is 5.91 Å². The average Bonchev–Trinajstić information content (AvgIpc) is 3.15. The van der Waals surface area contributed by atoms with Crippen molar-refractivity contribution in [1.29, 1.82) is 5.26 Å². The molecule has 0 unspecified atom stereocenters. The molecule has 5 nitrogen and oxygen atoms in total. The molecule has 26 heavy (non-hydrogen) atoms. The van der Waals surface area contributed by atoms with E-state index in [9.17, 15) is 4.79 Å². The SMILES string of the molecule is C[C@@H](N[C@H]1CCN(C(=O)COc2ccccc2)C1)c1cccc(C#N)c1. The van der Waals surface area contributed by atoms with Crippen LogP contribution in [0.25, 0.3) is 0 Å². The van der Waals surface area contributed by atoms with Gasteiger partial charge in [-0.05, 0) is 43.2 Å². The van der Waals surface area contributed by atoms with Crippen molar-refractivity contribution in [2.75, 3.05) is 19.7 Å². The summed E-state index contributed by atoms with van der Waals surface area (Å²) in [6.45, 7) is 3.56. The lowest BCUT2D eigenvalue weighted by Crippen LogP contribution is -2.38. The fraction of sp³-hybridized carbons (Fsp3) is 0.333. The predicted octanol–water partition coefficient (Wildman–Crippen LogP) is 2.89. The van der Waals surface area contributed by atoms with Crippen molar-refractivity contribution in [3.05, 3.63) is 65.7 Å². The Hall–Kier alpha value is -2.84. The molecule has 3 rings (SSSR count). The van der Waals surface area contributed by atoms with Crippen LogP contribution in [0, 0.1) is 11.3 Å². The van der Waals surface area contributed by atoms with Crippen molar-refractivity contribution < 1.29 is 9.53 Å². The van der Waals surface area contributed by atoms with E-state index in [4.69, 9.17) is 10.00 Å². The molecule has 0 radical (unpaired) electrons. The molecule has 0 spiro atoms. The van der Waals surface area contributed by atoms with Gasteiger partial charge in [-0.1, -0.05) is 30.3 Å². The Morgan fingerprint density at radius 3 is 2.88 bits per heavy atom. The summed E-state index contributed by atoms with van der Waals surface area (Å²) < 4.78 is 5.55. The lowest BCUT2D eigenvalue weighted by Gasteiger charge is -2.21. The van der Waals surface area contributed by atoms with Gasteiger partial charge in [0.2, 0.25) is 0 Å². The van der Waals surface area contributed by atoms with Crippen LogP contribution in [-0.2, 0) is 4.79 Å². The highest BCUT2D eigenvalue weighted by Crippen LogP contribution is 2.18. The number of ether oxygens (including phenoxy) is 1. The molecule has 0 aromatic heterocycles. The van der Waals surface area contributed by atoms with Gasteiger partial charge in [-0.3, -0.25) is 4.79 Å². The van der Waals surface area contributed by atoms with E-state index < -0.39 is 0 Å². The molecule has 1 fully saturated rings. The molecule has 1 aliphatic rings. The first-order valence-electron chi connectivity index (χ1n) is 8.87. The zero-order valence-electron chi connectivity index (χ0n) is 14.9. The molecule has 0 saturated carbocycles. The minimum Gasteiger partial charge on any atom is -0.484 e. The van der Waals surface area contributed by atoms with Crippen LogP contribution in [0.5, 0.6) is 5.75 Å². The second-order valence-electron chi connectivity index (χ2n) is 6.55. The Kier molecular flexibility index (Phi) is 5.88. The fourth-order valence-electron chi connectivity index (χ4n) is 3.20. The van der Waals surface area contributed by atoms with Gasteiger partial charge in [0, 0.05) is 25.2 Å². The van der Waals surface area contributed by atoms with Crippen molar-refractivity contribution >= 4 is 5.91 Å². The molecule has 0 aliphatic carbocycles. The summed E-state index contributed by atoms with van der Waals surface area (Å²) in [5.41, 5.74) is 1.75. The van der Waals surface area contributed by atoms with E-state index in [2.05, 4.69) is 18.3 Å². The van der Waals surface area contributed by atoms with E-state index in [1.165, 1.54) is 0 Å². The predicted molar refractivity (Wildman–Crippen MR) is 99.6 cm³/mol. The number of hydrogen-bond donors (Lipinski definition) is 1. The van der Waals surface area contributed by atoms with Crippen molar-refractivity contribution in [2.45, 2.75) is 25.4 Å². The highest BCUT2D eigenvalue weighted by molar-refractivity contribution is 5.78. The minimum absolute atomic E-state index is 0.0114. The second kappa shape index (κ2) is 8.50. The van der Waals surface area contributed by atoms with Crippen molar-refractivity contribution in [3.63, 3.8) is 0 Å². The fourth-order valence-corrected chi connectivity index (χ4v) is 3.20. The van der Waals surface area contributed by atoms with Crippen molar-refractivity contribution in [2.24, 2.45) is 0 Å². The van der Waals surface area contributed by atoms with Crippen LogP contribution in [0.15, 0.2) is 54.6 Å². The van der Waals surface area contributed by atoms with E-state index in [0.29, 0.717) is 17.9 Å². The largest absolute Gasteiger partial charge is 0.484 e. The van der Waals surface area contributed by atoms with Crippen molar-refractivity contribution in [3.8, 4) is 11.8 Å². The number of para-hydroxylation sites is 1. The van der Waals surface area contributed by atoms with Gasteiger partial charge in [0.1, 0.15) is 5.75 Å². The van der Waals surface area contributed by atoms with E-state index >= 15 is 0 Å². The zero-order chi connectivity index (χ0) is 18.4. The molecule has 2 atom stereocenters. The number of carbonyl (C=O) groups excluding carboxylic acids is 1. The van der Waals surface area contributed by atoms with Crippen LogP contribution in [0.2, 0.25) is 0 Å². The van der Waals surface area contributed by atoms with E-state index in [0.717, 1.165) is 18.5 Å². The maximum atomic E-state index is 12.3. The van der Waals surface area contributed by atoms with Gasteiger partial charge in [-0.15, -0.1) is 0 Å². The van der Waals surface area contributed by atoms with Crippen LogP contribution in [0.3, 0.4) is 0 Å². The number of benzene rings is 2. The van der Waals surface area contributed by atoms with Gasteiger partial charge in [0.15, 0.2) is 6.61 Å². The number of nitriles is 1. The Morgan fingerprint density at radius 1 is 1.31 bits per heavy atom. The van der Waals surface area contributed by atoms with Crippen molar-refractivity contribution in [1.82, 2.24) is 10.2 Å². The summed E-state index contributed by atoms with van der Waals surface area (Å²) in [7, 11) is 0. The second-order valence-corrected chi connectivity index (χ2v) is 6.55. The van der Waals surface area contributed by atoms with E-state index in [-0.39, 0.29) is 24.6 Å². The Bertz CT molecular complexity index is 785. The molecule has 1 heterocycles. The monoisotopic (exact) mass is 349 g/mol. The first kappa shape index (κ1) is 18.0. The number of carbonyl (C=O) groups is 1. The van der Waals surface area contributed by atoms with Gasteiger partial charge in [-0.2, -0.15) is 5.26 Å². The molecule has 134 valence electrons. The Morgan fingerprint density at radius 2 is 2.12 bits per heavy atom. The number of nitrogens with zero attached hydrogens (tertiary/aromatic N) is 2. The lowest BCUT2D eigenvalue weighted by atomic mass is 10.0. The highest BCUT2D eigenvalue weighted by atomic mass is 16.5. The molecule has 0 bridgehead atoms. The van der Waals surface area contributed by atoms with Gasteiger partial charge in [-0.25, -0.2) is 0 Å². The third-order valence-electron chi connectivity index (χ3n) is 4.65. The van der Waals surface area contributed by atoms with E-state index in [1.54, 1.807) is 6.07 Å². The smallest absolute Gasteiger partial charge is 0.260 e. The standard InChI is InChI=1S/C21H23N3O2/c1-16(18-7-5-6-17(12-18)13-22)23-19-10-11-24(14-19)21(25)15-26-20-8-3-2-4-9-20/h2-9,12,16,19,23H,10-11,14-15H2,1H3/t16-,19+/m1/s1. The third-order valence-corrected chi connectivity index (χ3v) is 4.65. The minimum atomic E-state index is 0.0114. The maximum Gasteiger partial charge on any atom is 0.260 e. The summed E-state index contributed by atoms with van der Waals surface area (Å²) in [4.78, 5) is 14.2. The van der Waals surface area contributed by atoms with E-state index in [1.807, 2.05) is 53.4 Å². The molecule has 1 aliphatic heterocycles. The molecule has 5 heteroatoms. The number of amides is 1. The third kappa shape index (κ3) is 4.62. The number of rotatable bonds is 6. The molecule has 1 N–H and O–H groups in total. The molecule has 2 aromatic carbocycles. The summed E-state index contributed by atoms with van der Waals surface area (Å²) in [6.07, 6.45) is 0.916. The van der Waals surface area contributed by atoms with Crippen LogP contribution >= 0.6 is 0 Å². The molecular formula is C21H23N3O2. The summed E-state index contributed by atoms with van der Waals surface area (Å²) in [6, 6.07) is 19.6. The average molecular weight is 349 g/mol. The maximum absolute atomic E-state index is 12.3. The quantitative estimate of drug-likeness (QED) is 0.871. The number of nitrogens with one attached hydrogen (secondary N) is 1. The summed E-state index contributed by atoms with van der Waals surface area (Å²) >= 11 is 0. The first-order valence-corrected chi connectivity index (χ1v) is 8.87. The zero-order valence-corrected chi connectivity index (χ0v) is 14.9. The van der Waals surface area contributed by atoms with Gasteiger partial charge >= 0.3 is 0 Å². The van der Waals surface area contributed by atoms with Crippen LogP contribution in [0.1, 0.15) is 30.5 Å². The lowest BCUT2D eigenvalue weighted by molar-refractivity contribution is -0.132. The van der Waals surface area contributed by atoms with Crippen LogP contribution in [-0.4, -0.2) is 36.5 Å². The molecule has 1 saturated heterocycles. The first-order chi connectivity index (χ1) is 12.7. The summed E-state index contributed by atoms with van der Waals surface area (Å²) in [5, 5.41) is 12.6. The molecular weight excluding hydrogens is 326 g/mol. The number of likely N-dealkylation sites (tertiary alicyclic amines) is 1. The normalized spacial score (nSPS) is 17.5. The molecule has 1 amide bonds. The number of hydrogen-bond acceptors (Lipinski definition) is 4. The van der Waals surface area contributed by atoms with Gasteiger partial charge < -0.3 is 15.0 Å². The van der Waals surface area contributed by atoms with Crippen LogP contribution in [0.4, 0.5) is 0 Å². The van der Waals surface area contributed by atoms with Crippen LogP contribution < -0.4 is 10.1 Å². The Balaban J connectivity index is 1.48. The molecule has 2 aromatic rings. The summed E-state index contributed by atoms with van der Waals surface area (Å²) in [5.74, 6) is 0.720. The topological polar surface area (TPSA) is 65.4 Å². The van der Waals surface area contributed by atoms with Gasteiger partial charge in [0.05, 0.1) is 11.6 Å². The highest BCUT2D eigenvalue weighted by Gasteiger charge is 2.27. The Labute approximate surface area is 154 Å².